The third-order valence-corrected chi connectivity index (χ3v) is 5.18. The van der Waals surface area contributed by atoms with Crippen LogP contribution < -0.4 is 11.1 Å². The number of hydrogen-bond donors (Lipinski definition) is 2. The van der Waals surface area contributed by atoms with Crippen LogP contribution in [0.25, 0.3) is 0 Å². The van der Waals surface area contributed by atoms with Crippen LogP contribution in [0.3, 0.4) is 0 Å². The minimum Gasteiger partial charge on any atom is -0.385 e. The van der Waals surface area contributed by atoms with E-state index in [4.69, 9.17) is 5.73 Å². The predicted octanol–water partition coefficient (Wildman–Crippen LogP) is 2.97. The summed E-state index contributed by atoms with van der Waals surface area (Å²) in [4.78, 5) is 13.1. The van der Waals surface area contributed by atoms with Gasteiger partial charge in [-0.3, -0.25) is 4.79 Å². The molecular weight excluding hydrogens is 307 g/mol. The zero-order valence-electron chi connectivity index (χ0n) is 13.7. The van der Waals surface area contributed by atoms with Gasteiger partial charge in [0.1, 0.15) is 11.6 Å². The monoisotopic (exact) mass is 328 g/mol. The molecule has 1 aliphatic carbocycles. The number of aromatic nitrogens is 2. The Morgan fingerprint density at radius 3 is 3.08 bits per heavy atom. The van der Waals surface area contributed by atoms with Crippen LogP contribution in [0.5, 0.6) is 0 Å². The van der Waals surface area contributed by atoms with Gasteiger partial charge in [-0.25, -0.2) is 4.39 Å². The van der Waals surface area contributed by atoms with E-state index in [1.165, 1.54) is 16.8 Å². The first-order chi connectivity index (χ1) is 11.5. The normalized spacial score (nSPS) is 22.4. The van der Waals surface area contributed by atoms with E-state index in [1.54, 1.807) is 6.07 Å². The van der Waals surface area contributed by atoms with Gasteiger partial charge in [-0.1, -0.05) is 6.92 Å². The molecule has 0 bridgehead atoms. The zero-order chi connectivity index (χ0) is 16.8. The number of anilines is 2. The summed E-state index contributed by atoms with van der Waals surface area (Å²) in [6.45, 7) is 2.86. The van der Waals surface area contributed by atoms with Gasteiger partial charge in [0.2, 0.25) is 0 Å². The lowest BCUT2D eigenvalue weighted by Crippen LogP contribution is -2.28. The molecule has 126 valence electrons. The fourth-order valence-corrected chi connectivity index (χ4v) is 3.83. The highest BCUT2D eigenvalue weighted by atomic mass is 19.1. The standard InChI is InChI=1S/C18H21FN4O/c1-10-2-4-16-14(8-10)17(20)23(22-16)18(24)12-6-7-21-15-5-3-11(19)9-13(12)15/h3,5,9-10,12,21H,2,4,6-8,20H2,1H3/t10?,12-/m1/s1. The van der Waals surface area contributed by atoms with Gasteiger partial charge < -0.3 is 11.1 Å². The van der Waals surface area contributed by atoms with Crippen LogP contribution in [0.2, 0.25) is 0 Å². The minimum absolute atomic E-state index is 0.164. The van der Waals surface area contributed by atoms with Gasteiger partial charge in [0.05, 0.1) is 11.6 Å². The molecule has 5 nitrogen and oxygen atoms in total. The van der Waals surface area contributed by atoms with Crippen molar-refractivity contribution in [3.8, 4) is 0 Å². The van der Waals surface area contributed by atoms with Gasteiger partial charge in [-0.2, -0.15) is 9.78 Å². The summed E-state index contributed by atoms with van der Waals surface area (Å²) in [6.07, 6.45) is 3.40. The van der Waals surface area contributed by atoms with E-state index in [1.807, 2.05) is 0 Å². The molecule has 0 radical (unpaired) electrons. The Morgan fingerprint density at radius 1 is 1.42 bits per heavy atom. The van der Waals surface area contributed by atoms with E-state index in [0.717, 1.165) is 36.2 Å². The maximum atomic E-state index is 13.7. The van der Waals surface area contributed by atoms with E-state index in [0.29, 0.717) is 30.3 Å². The molecule has 1 aliphatic heterocycles. The first kappa shape index (κ1) is 15.2. The SMILES string of the molecule is CC1CCc2nn(C(=O)[C@@H]3CCNc4ccc(F)cc43)c(N)c2C1. The fraction of sp³-hybridized carbons (Fsp3) is 0.444. The molecule has 2 heterocycles. The number of aryl methyl sites for hydroxylation is 1. The highest BCUT2D eigenvalue weighted by Gasteiger charge is 2.32. The number of hydrogen-bond acceptors (Lipinski definition) is 4. The quantitative estimate of drug-likeness (QED) is 0.844. The second-order valence-corrected chi connectivity index (χ2v) is 6.91. The number of benzene rings is 1. The van der Waals surface area contributed by atoms with Crippen molar-refractivity contribution in [2.75, 3.05) is 17.6 Å². The molecule has 2 atom stereocenters. The van der Waals surface area contributed by atoms with Gasteiger partial charge in [0.25, 0.3) is 5.91 Å². The molecule has 1 aromatic heterocycles. The Hall–Kier alpha value is -2.37. The van der Waals surface area contributed by atoms with Crippen molar-refractivity contribution >= 4 is 17.4 Å². The van der Waals surface area contributed by atoms with Crippen molar-refractivity contribution in [1.82, 2.24) is 9.78 Å². The Morgan fingerprint density at radius 2 is 2.25 bits per heavy atom. The van der Waals surface area contributed by atoms with Crippen LogP contribution in [-0.4, -0.2) is 22.2 Å². The van der Waals surface area contributed by atoms with Crippen LogP contribution in [0, 0.1) is 11.7 Å². The molecule has 24 heavy (non-hydrogen) atoms. The maximum Gasteiger partial charge on any atom is 0.256 e. The summed E-state index contributed by atoms with van der Waals surface area (Å²) in [6, 6.07) is 4.52. The molecule has 6 heteroatoms. The molecule has 0 saturated heterocycles. The molecule has 0 fully saturated rings. The first-order valence-corrected chi connectivity index (χ1v) is 8.48. The van der Waals surface area contributed by atoms with E-state index >= 15 is 0 Å². The second-order valence-electron chi connectivity index (χ2n) is 6.91. The van der Waals surface area contributed by atoms with Gasteiger partial charge in [0.15, 0.2) is 0 Å². The van der Waals surface area contributed by atoms with Crippen LogP contribution in [0.1, 0.15) is 47.3 Å². The Labute approximate surface area is 140 Å². The molecule has 2 aliphatic rings. The lowest BCUT2D eigenvalue weighted by molar-refractivity contribution is 0.0859. The average molecular weight is 328 g/mol. The Balaban J connectivity index is 1.72. The van der Waals surface area contributed by atoms with Crippen LogP contribution >= 0.6 is 0 Å². The molecule has 0 amide bonds. The zero-order valence-corrected chi connectivity index (χ0v) is 13.7. The molecule has 3 N–H and O–H groups in total. The molecule has 1 aromatic carbocycles. The molecule has 2 aromatic rings. The lowest BCUT2D eigenvalue weighted by atomic mass is 9.88. The van der Waals surface area contributed by atoms with Crippen LogP contribution in [0.4, 0.5) is 15.9 Å². The number of carbonyl (C=O) groups excluding carboxylic acids is 1. The van der Waals surface area contributed by atoms with E-state index in [2.05, 4.69) is 17.3 Å². The highest BCUT2D eigenvalue weighted by Crippen LogP contribution is 2.35. The van der Waals surface area contributed by atoms with Gasteiger partial charge in [-0.05, 0) is 55.4 Å². The second kappa shape index (κ2) is 5.61. The Bertz CT molecular complexity index is 814. The number of nitrogens with zero attached hydrogens (tertiary/aromatic N) is 2. The van der Waals surface area contributed by atoms with Crippen molar-refractivity contribution < 1.29 is 9.18 Å². The highest BCUT2D eigenvalue weighted by molar-refractivity contribution is 5.90. The summed E-state index contributed by atoms with van der Waals surface area (Å²) in [5.74, 6) is 0.0945. The van der Waals surface area contributed by atoms with E-state index in [-0.39, 0.29) is 11.7 Å². The largest absolute Gasteiger partial charge is 0.385 e. The number of nitrogens with one attached hydrogen (secondary N) is 1. The lowest BCUT2D eigenvalue weighted by Gasteiger charge is -2.25. The summed E-state index contributed by atoms with van der Waals surface area (Å²) in [5.41, 5.74) is 9.68. The number of halogens is 1. The summed E-state index contributed by atoms with van der Waals surface area (Å²) in [7, 11) is 0. The topological polar surface area (TPSA) is 72.9 Å². The molecule has 1 unspecified atom stereocenters. The minimum atomic E-state index is -0.418. The summed E-state index contributed by atoms with van der Waals surface area (Å²) >= 11 is 0. The third kappa shape index (κ3) is 2.37. The Kier molecular flexibility index (Phi) is 3.55. The van der Waals surface area contributed by atoms with E-state index < -0.39 is 5.92 Å². The third-order valence-electron chi connectivity index (χ3n) is 5.18. The molecule has 4 rings (SSSR count). The van der Waals surface area contributed by atoms with Crippen molar-refractivity contribution in [3.63, 3.8) is 0 Å². The number of fused-ring (bicyclic) bond motifs is 2. The van der Waals surface area contributed by atoms with Gasteiger partial charge in [-0.15, -0.1) is 0 Å². The summed E-state index contributed by atoms with van der Waals surface area (Å²) in [5, 5.41) is 7.70. The van der Waals surface area contributed by atoms with Crippen molar-refractivity contribution in [3.05, 3.63) is 40.8 Å². The molecular formula is C18H21FN4O. The van der Waals surface area contributed by atoms with Crippen LogP contribution in [0.15, 0.2) is 18.2 Å². The van der Waals surface area contributed by atoms with Gasteiger partial charge in [0, 0.05) is 17.8 Å². The maximum absolute atomic E-state index is 13.7. The number of nitrogens with two attached hydrogens (primary N) is 1. The van der Waals surface area contributed by atoms with Crippen molar-refractivity contribution in [2.45, 2.75) is 38.5 Å². The summed E-state index contributed by atoms with van der Waals surface area (Å²) < 4.78 is 15.0. The number of nitrogen functional groups attached to an aromatic ring is 1. The first-order valence-electron chi connectivity index (χ1n) is 8.48. The average Bonchev–Trinajstić information content (AvgIpc) is 2.90. The van der Waals surface area contributed by atoms with Crippen molar-refractivity contribution in [1.29, 1.82) is 0 Å². The van der Waals surface area contributed by atoms with E-state index in [9.17, 15) is 9.18 Å². The van der Waals surface area contributed by atoms with Gasteiger partial charge >= 0.3 is 0 Å². The predicted molar refractivity (Wildman–Crippen MR) is 90.7 cm³/mol. The molecule has 0 saturated carbocycles. The smallest absolute Gasteiger partial charge is 0.256 e. The fourth-order valence-electron chi connectivity index (χ4n) is 3.83. The van der Waals surface area contributed by atoms with Crippen LogP contribution in [-0.2, 0) is 12.8 Å². The molecule has 0 spiro atoms. The van der Waals surface area contributed by atoms with Crippen molar-refractivity contribution in [2.24, 2.45) is 5.92 Å². The number of rotatable bonds is 1. The number of carbonyl (C=O) groups is 1.